The maximum absolute atomic E-state index is 14.0. The quantitative estimate of drug-likeness (QED) is 0.293. The van der Waals surface area contributed by atoms with Gasteiger partial charge in [-0.25, -0.2) is 14.8 Å². The number of guanidine groups is 1. The third kappa shape index (κ3) is 6.94. The zero-order valence-corrected chi connectivity index (χ0v) is 19.7. The van der Waals surface area contributed by atoms with Crippen molar-refractivity contribution < 1.29 is 9.18 Å². The normalized spacial score (nSPS) is 38.3. The van der Waals surface area contributed by atoms with E-state index in [2.05, 4.69) is 21.5 Å². The minimum absolute atomic E-state index is 0.138. The molecular weight excluding hydrogens is 428 g/mol. The summed E-state index contributed by atoms with van der Waals surface area (Å²) in [5.74, 6) is 0.448. The lowest BCUT2D eigenvalue weighted by Crippen LogP contribution is -2.52. The molecule has 9 heteroatoms. The molecule has 0 spiro atoms. The molecule has 0 radical (unpaired) electrons. The zero-order valence-electron chi connectivity index (χ0n) is 18.2. The number of nitrogens with one attached hydrogen (secondary N) is 4. The van der Waals surface area contributed by atoms with E-state index in [1.54, 1.807) is 0 Å². The fourth-order valence-corrected chi connectivity index (χ4v) is 5.06. The van der Waals surface area contributed by atoms with Crippen LogP contribution in [0.3, 0.4) is 0 Å². The van der Waals surface area contributed by atoms with Crippen molar-refractivity contribution in [2.45, 2.75) is 107 Å². The number of hydrazine groups is 1. The monoisotopic (exact) mass is 463 g/mol. The molecule has 3 fully saturated rings. The van der Waals surface area contributed by atoms with Gasteiger partial charge in [-0.15, -0.1) is 23.2 Å². The van der Waals surface area contributed by atoms with Gasteiger partial charge in [0.2, 0.25) is 5.91 Å². The van der Waals surface area contributed by atoms with Crippen molar-refractivity contribution in [3.8, 4) is 0 Å². The van der Waals surface area contributed by atoms with Crippen LogP contribution in [0.15, 0.2) is 4.99 Å². The van der Waals surface area contributed by atoms with Crippen LogP contribution < -0.4 is 21.5 Å². The van der Waals surface area contributed by atoms with Crippen LogP contribution in [0.4, 0.5) is 4.39 Å². The molecule has 0 aromatic rings. The third-order valence-corrected chi connectivity index (χ3v) is 7.19. The molecule has 0 aromatic carbocycles. The van der Waals surface area contributed by atoms with E-state index >= 15 is 0 Å². The number of alkyl halides is 3. The van der Waals surface area contributed by atoms with Gasteiger partial charge in [0.1, 0.15) is 12.3 Å². The molecule has 3 rings (SSSR count). The minimum Gasteiger partial charge on any atom is -0.351 e. The largest absolute Gasteiger partial charge is 0.351 e. The Morgan fingerprint density at radius 2 is 1.73 bits per heavy atom. The zero-order chi connectivity index (χ0) is 21.9. The standard InChI is InChI=1S/C21H36Cl2FN5O/c1-21(2,3)27-20(26-19(30)13-6-9-15(23)16(24)10-13)25-18-11-17(28-29-18)12-4-7-14(22)8-5-12/h12-18,28-29H,4-11H2,1-3H3,(H2,25,26,27,30). The minimum atomic E-state index is -1.14. The second-order valence-electron chi connectivity index (χ2n) is 10.0. The predicted octanol–water partition coefficient (Wildman–Crippen LogP) is 3.58. The van der Waals surface area contributed by atoms with E-state index in [9.17, 15) is 9.18 Å². The molecule has 172 valence electrons. The smallest absolute Gasteiger partial charge is 0.229 e. The van der Waals surface area contributed by atoms with Gasteiger partial charge in [0.15, 0.2) is 5.96 Å². The number of amides is 1. The average molecular weight is 464 g/mol. The first-order chi connectivity index (χ1) is 14.1. The Labute approximate surface area is 189 Å². The number of carbonyl (C=O) groups is 1. The highest BCUT2D eigenvalue weighted by Crippen LogP contribution is 2.32. The average Bonchev–Trinajstić information content (AvgIpc) is 3.11. The Kier molecular flexibility index (Phi) is 8.27. The Hall–Kier alpha value is -0.630. The van der Waals surface area contributed by atoms with Gasteiger partial charge in [-0.1, -0.05) is 0 Å². The van der Waals surface area contributed by atoms with Gasteiger partial charge in [0.05, 0.1) is 5.38 Å². The van der Waals surface area contributed by atoms with Crippen molar-refractivity contribution >= 4 is 35.1 Å². The van der Waals surface area contributed by atoms with E-state index in [4.69, 9.17) is 28.2 Å². The van der Waals surface area contributed by atoms with Gasteiger partial charge in [-0.2, -0.15) is 0 Å². The molecule has 1 amide bonds. The Bertz CT molecular complexity index is 621. The SMILES string of the molecule is CC(C)(C)N/C(=N\C1CC(C2CCC(Cl)CC2)NN1)NC(=O)C1CCC(Cl)C(F)C1. The lowest BCUT2D eigenvalue weighted by Gasteiger charge is -2.29. The molecule has 2 saturated carbocycles. The van der Waals surface area contributed by atoms with E-state index in [1.807, 2.05) is 20.8 Å². The number of carbonyl (C=O) groups excluding carboxylic acids is 1. The molecule has 1 saturated heterocycles. The van der Waals surface area contributed by atoms with Crippen molar-refractivity contribution in [1.29, 1.82) is 0 Å². The van der Waals surface area contributed by atoms with Crippen molar-refractivity contribution in [3.63, 3.8) is 0 Å². The number of halogens is 3. The number of aliphatic imine (C=N–C) groups is 1. The molecule has 5 atom stereocenters. The second kappa shape index (κ2) is 10.3. The summed E-state index contributed by atoms with van der Waals surface area (Å²) in [6, 6.07) is 0.348. The van der Waals surface area contributed by atoms with Crippen LogP contribution in [0.5, 0.6) is 0 Å². The lowest BCUT2D eigenvalue weighted by molar-refractivity contribution is -0.125. The maximum Gasteiger partial charge on any atom is 0.229 e. The summed E-state index contributed by atoms with van der Waals surface area (Å²) in [6.45, 7) is 6.04. The van der Waals surface area contributed by atoms with Crippen molar-refractivity contribution in [3.05, 3.63) is 0 Å². The van der Waals surface area contributed by atoms with Crippen molar-refractivity contribution in [2.24, 2.45) is 16.8 Å². The molecule has 4 N–H and O–H groups in total. The van der Waals surface area contributed by atoms with E-state index in [1.165, 1.54) is 0 Å². The molecule has 1 aliphatic heterocycles. The fourth-order valence-electron chi connectivity index (χ4n) is 4.58. The Morgan fingerprint density at radius 1 is 1.03 bits per heavy atom. The number of hydrogen-bond donors (Lipinski definition) is 4. The van der Waals surface area contributed by atoms with Crippen LogP contribution in [0, 0.1) is 11.8 Å². The topological polar surface area (TPSA) is 77.6 Å². The van der Waals surface area contributed by atoms with Crippen LogP contribution in [-0.2, 0) is 4.79 Å². The van der Waals surface area contributed by atoms with Gasteiger partial charge in [0, 0.05) is 29.3 Å². The third-order valence-electron chi connectivity index (χ3n) is 6.27. The lowest BCUT2D eigenvalue weighted by atomic mass is 9.83. The summed E-state index contributed by atoms with van der Waals surface area (Å²) in [5, 5.41) is 6.01. The van der Waals surface area contributed by atoms with E-state index in [-0.39, 0.29) is 30.0 Å². The molecule has 5 unspecified atom stereocenters. The van der Waals surface area contributed by atoms with E-state index < -0.39 is 11.5 Å². The van der Waals surface area contributed by atoms with E-state index in [0.717, 1.165) is 32.1 Å². The van der Waals surface area contributed by atoms with Gasteiger partial charge < -0.3 is 5.32 Å². The first kappa shape index (κ1) is 24.0. The molecule has 3 aliphatic rings. The van der Waals surface area contributed by atoms with Gasteiger partial charge in [-0.3, -0.25) is 15.5 Å². The van der Waals surface area contributed by atoms with Crippen LogP contribution in [0.1, 0.15) is 72.1 Å². The Morgan fingerprint density at radius 3 is 2.37 bits per heavy atom. The number of rotatable bonds is 3. The maximum atomic E-state index is 14.0. The first-order valence-corrected chi connectivity index (χ1v) is 12.1. The van der Waals surface area contributed by atoms with E-state index in [0.29, 0.717) is 36.1 Å². The Balaban J connectivity index is 1.60. The molecular formula is C21H36Cl2FN5O. The van der Waals surface area contributed by atoms with Crippen molar-refractivity contribution in [2.75, 3.05) is 0 Å². The molecule has 0 aromatic heterocycles. The molecule has 1 heterocycles. The summed E-state index contributed by atoms with van der Waals surface area (Å²) in [7, 11) is 0. The van der Waals surface area contributed by atoms with Crippen molar-refractivity contribution in [1.82, 2.24) is 21.5 Å². The van der Waals surface area contributed by atoms with Gasteiger partial charge in [0.25, 0.3) is 0 Å². The predicted molar refractivity (Wildman–Crippen MR) is 120 cm³/mol. The van der Waals surface area contributed by atoms with Crippen LogP contribution in [0.25, 0.3) is 0 Å². The number of hydrogen-bond acceptors (Lipinski definition) is 4. The first-order valence-electron chi connectivity index (χ1n) is 11.2. The van der Waals surface area contributed by atoms with Crippen LogP contribution >= 0.6 is 23.2 Å². The summed E-state index contributed by atoms with van der Waals surface area (Å²) in [6.07, 6.45) is 5.22. The number of nitrogens with zero attached hydrogens (tertiary/aromatic N) is 1. The van der Waals surface area contributed by atoms with Crippen LogP contribution in [-0.4, -0.2) is 46.5 Å². The second-order valence-corrected chi connectivity index (χ2v) is 11.2. The molecule has 30 heavy (non-hydrogen) atoms. The summed E-state index contributed by atoms with van der Waals surface area (Å²) < 4.78 is 14.0. The summed E-state index contributed by atoms with van der Waals surface area (Å²) in [5.41, 5.74) is 6.37. The fraction of sp³-hybridized carbons (Fsp3) is 0.905. The summed E-state index contributed by atoms with van der Waals surface area (Å²) >= 11 is 12.2. The molecule has 2 aliphatic carbocycles. The van der Waals surface area contributed by atoms with Crippen LogP contribution in [0.2, 0.25) is 0 Å². The highest BCUT2D eigenvalue weighted by atomic mass is 35.5. The highest BCUT2D eigenvalue weighted by molar-refractivity contribution is 6.21. The van der Waals surface area contributed by atoms with Gasteiger partial charge in [-0.05, 0) is 71.6 Å². The summed E-state index contributed by atoms with van der Waals surface area (Å²) in [4.78, 5) is 17.5. The highest BCUT2D eigenvalue weighted by Gasteiger charge is 2.35. The molecule has 6 nitrogen and oxygen atoms in total. The molecule has 0 bridgehead atoms. The van der Waals surface area contributed by atoms with Gasteiger partial charge >= 0.3 is 0 Å².